The molecule has 4 nitrogen and oxygen atoms in total. The van der Waals surface area contributed by atoms with E-state index in [4.69, 9.17) is 9.84 Å². The van der Waals surface area contributed by atoms with Crippen LogP contribution in [0.5, 0.6) is 0 Å². The average molecular weight is 255 g/mol. The van der Waals surface area contributed by atoms with Gasteiger partial charge >= 0.3 is 5.97 Å². The molecule has 18 heavy (non-hydrogen) atoms. The normalized spacial score (nSPS) is 25.1. The van der Waals surface area contributed by atoms with E-state index in [2.05, 4.69) is 4.90 Å². The third-order valence-corrected chi connectivity index (χ3v) is 4.17. The minimum atomic E-state index is -0.695. The summed E-state index contributed by atoms with van der Waals surface area (Å²) in [6, 6.07) is 0.505. The van der Waals surface area contributed by atoms with Crippen molar-refractivity contribution in [1.29, 1.82) is 0 Å². The maximum Gasteiger partial charge on any atom is 0.317 e. The van der Waals surface area contributed by atoms with Gasteiger partial charge in [0.25, 0.3) is 0 Å². The van der Waals surface area contributed by atoms with E-state index in [1.165, 1.54) is 38.5 Å². The van der Waals surface area contributed by atoms with Gasteiger partial charge in [0, 0.05) is 12.6 Å². The third kappa shape index (κ3) is 4.25. The number of nitrogens with zero attached hydrogens (tertiary/aromatic N) is 1. The monoisotopic (exact) mass is 255 g/mol. The molecular weight excluding hydrogens is 230 g/mol. The molecule has 1 atom stereocenters. The lowest BCUT2D eigenvalue weighted by molar-refractivity contribution is -0.138. The molecule has 1 saturated heterocycles. The number of carboxylic acids is 1. The minimum absolute atomic E-state index is 0.205. The molecule has 1 N–H and O–H groups in total. The molecule has 1 heterocycles. The topological polar surface area (TPSA) is 49.8 Å². The molecule has 104 valence electrons. The molecule has 0 bridgehead atoms. The molecule has 0 amide bonds. The summed E-state index contributed by atoms with van der Waals surface area (Å²) in [6.45, 7) is 2.03. The molecule has 1 aliphatic heterocycles. The summed E-state index contributed by atoms with van der Waals surface area (Å²) >= 11 is 0. The third-order valence-electron chi connectivity index (χ3n) is 4.17. The van der Waals surface area contributed by atoms with Crippen LogP contribution in [0.4, 0.5) is 0 Å². The lowest BCUT2D eigenvalue weighted by Gasteiger charge is -2.27. The summed E-state index contributed by atoms with van der Waals surface area (Å²) in [5.41, 5.74) is 0. The quantitative estimate of drug-likeness (QED) is 0.758. The number of hydrogen-bond donors (Lipinski definition) is 1. The SMILES string of the molecule is O=C(O)CN(CCCC1CCCO1)C1CCCC1. The Bertz CT molecular complexity index is 258. The first-order valence-corrected chi connectivity index (χ1v) is 7.33. The van der Waals surface area contributed by atoms with Crippen molar-refractivity contribution in [2.45, 2.75) is 63.5 Å². The second-order valence-electron chi connectivity index (χ2n) is 5.58. The zero-order chi connectivity index (χ0) is 12.8. The number of carboxylic acid groups (broad SMARTS) is 1. The van der Waals surface area contributed by atoms with Crippen LogP contribution in [0.15, 0.2) is 0 Å². The van der Waals surface area contributed by atoms with Crippen molar-refractivity contribution in [2.75, 3.05) is 19.7 Å². The van der Waals surface area contributed by atoms with Gasteiger partial charge in [-0.2, -0.15) is 0 Å². The summed E-state index contributed by atoms with van der Waals surface area (Å²) in [6.07, 6.45) is 9.81. The maximum atomic E-state index is 10.9. The van der Waals surface area contributed by atoms with Crippen LogP contribution in [-0.4, -0.2) is 47.8 Å². The summed E-state index contributed by atoms with van der Waals surface area (Å²) in [4.78, 5) is 13.1. The van der Waals surface area contributed by atoms with Crippen molar-refractivity contribution in [3.8, 4) is 0 Å². The van der Waals surface area contributed by atoms with E-state index in [9.17, 15) is 4.79 Å². The number of hydrogen-bond acceptors (Lipinski definition) is 3. The summed E-state index contributed by atoms with van der Waals surface area (Å²) in [7, 11) is 0. The second kappa shape index (κ2) is 7.10. The zero-order valence-electron chi connectivity index (χ0n) is 11.1. The summed E-state index contributed by atoms with van der Waals surface area (Å²) in [5, 5.41) is 8.99. The Morgan fingerprint density at radius 2 is 2.00 bits per heavy atom. The number of ether oxygens (including phenoxy) is 1. The Balaban J connectivity index is 1.71. The van der Waals surface area contributed by atoms with Crippen LogP contribution in [0, 0.1) is 0 Å². The van der Waals surface area contributed by atoms with Crippen LogP contribution >= 0.6 is 0 Å². The van der Waals surface area contributed by atoms with E-state index >= 15 is 0 Å². The van der Waals surface area contributed by atoms with Gasteiger partial charge in [0.1, 0.15) is 0 Å². The zero-order valence-corrected chi connectivity index (χ0v) is 11.1. The number of aliphatic carboxylic acids is 1. The smallest absolute Gasteiger partial charge is 0.317 e. The van der Waals surface area contributed by atoms with E-state index in [0.717, 1.165) is 26.0 Å². The highest BCUT2D eigenvalue weighted by atomic mass is 16.5. The highest BCUT2D eigenvalue weighted by Gasteiger charge is 2.24. The summed E-state index contributed by atoms with van der Waals surface area (Å²) in [5.74, 6) is -0.695. The first-order valence-electron chi connectivity index (χ1n) is 7.33. The standard InChI is InChI=1S/C14H25NO3/c16-14(17)11-15(12-5-1-2-6-12)9-3-7-13-8-4-10-18-13/h12-13H,1-11H2,(H,16,17). The molecule has 1 unspecified atom stereocenters. The lowest BCUT2D eigenvalue weighted by Crippen LogP contribution is -2.38. The summed E-state index contributed by atoms with van der Waals surface area (Å²) < 4.78 is 5.61. The van der Waals surface area contributed by atoms with Gasteiger partial charge in [0.2, 0.25) is 0 Å². The van der Waals surface area contributed by atoms with E-state index in [0.29, 0.717) is 12.1 Å². The molecule has 4 heteroatoms. The van der Waals surface area contributed by atoms with Crippen LogP contribution < -0.4 is 0 Å². The molecule has 0 spiro atoms. The van der Waals surface area contributed by atoms with Gasteiger partial charge in [0.05, 0.1) is 12.6 Å². The van der Waals surface area contributed by atoms with E-state index in [-0.39, 0.29) is 6.54 Å². The molecular formula is C14H25NO3. The molecule has 2 aliphatic rings. The van der Waals surface area contributed by atoms with Gasteiger partial charge in [-0.25, -0.2) is 0 Å². The van der Waals surface area contributed by atoms with Crippen molar-refractivity contribution >= 4 is 5.97 Å². The Morgan fingerprint density at radius 1 is 1.22 bits per heavy atom. The molecule has 2 rings (SSSR count). The van der Waals surface area contributed by atoms with Gasteiger partial charge in [-0.15, -0.1) is 0 Å². The van der Waals surface area contributed by atoms with Crippen LogP contribution in [0.1, 0.15) is 51.4 Å². The Hall–Kier alpha value is -0.610. The second-order valence-corrected chi connectivity index (χ2v) is 5.58. The fourth-order valence-electron chi connectivity index (χ4n) is 3.23. The number of rotatable bonds is 7. The van der Waals surface area contributed by atoms with Crippen LogP contribution in [0.3, 0.4) is 0 Å². The number of carbonyl (C=O) groups is 1. The Kier molecular flexibility index (Phi) is 5.45. The fourth-order valence-corrected chi connectivity index (χ4v) is 3.23. The Labute approximate surface area is 109 Å². The van der Waals surface area contributed by atoms with Gasteiger partial charge in [0.15, 0.2) is 0 Å². The first-order chi connectivity index (χ1) is 8.75. The van der Waals surface area contributed by atoms with Crippen LogP contribution in [0.25, 0.3) is 0 Å². The average Bonchev–Trinajstić information content (AvgIpc) is 3.00. The van der Waals surface area contributed by atoms with Gasteiger partial charge in [-0.1, -0.05) is 12.8 Å². The Morgan fingerprint density at radius 3 is 2.61 bits per heavy atom. The van der Waals surface area contributed by atoms with E-state index < -0.39 is 5.97 Å². The van der Waals surface area contributed by atoms with Crippen molar-refractivity contribution in [1.82, 2.24) is 4.90 Å². The molecule has 1 saturated carbocycles. The van der Waals surface area contributed by atoms with Crippen molar-refractivity contribution in [3.05, 3.63) is 0 Å². The van der Waals surface area contributed by atoms with Gasteiger partial charge in [-0.05, 0) is 45.1 Å². The lowest BCUT2D eigenvalue weighted by atomic mass is 10.1. The first kappa shape index (κ1) is 13.8. The molecule has 0 aromatic carbocycles. The van der Waals surface area contributed by atoms with Crippen molar-refractivity contribution in [2.24, 2.45) is 0 Å². The van der Waals surface area contributed by atoms with Crippen molar-refractivity contribution < 1.29 is 14.6 Å². The highest BCUT2D eigenvalue weighted by molar-refractivity contribution is 5.69. The maximum absolute atomic E-state index is 10.9. The molecule has 1 aliphatic carbocycles. The van der Waals surface area contributed by atoms with Crippen LogP contribution in [-0.2, 0) is 9.53 Å². The van der Waals surface area contributed by atoms with E-state index in [1.807, 2.05) is 0 Å². The largest absolute Gasteiger partial charge is 0.480 e. The highest BCUT2D eigenvalue weighted by Crippen LogP contribution is 2.24. The minimum Gasteiger partial charge on any atom is -0.480 e. The van der Waals surface area contributed by atoms with Gasteiger partial charge in [-0.3, -0.25) is 9.69 Å². The van der Waals surface area contributed by atoms with E-state index in [1.54, 1.807) is 0 Å². The molecule has 0 aromatic heterocycles. The predicted molar refractivity (Wildman–Crippen MR) is 69.7 cm³/mol. The molecule has 0 radical (unpaired) electrons. The van der Waals surface area contributed by atoms with Crippen molar-refractivity contribution in [3.63, 3.8) is 0 Å². The fraction of sp³-hybridized carbons (Fsp3) is 0.929. The van der Waals surface area contributed by atoms with Gasteiger partial charge < -0.3 is 9.84 Å². The van der Waals surface area contributed by atoms with Crippen LogP contribution in [0.2, 0.25) is 0 Å². The molecule has 0 aromatic rings. The predicted octanol–water partition coefficient (Wildman–Crippen LogP) is 2.27. The molecule has 2 fully saturated rings.